The lowest BCUT2D eigenvalue weighted by Crippen LogP contribution is -2.13. The Morgan fingerprint density at radius 3 is 2.76 bits per heavy atom. The van der Waals surface area contributed by atoms with Crippen LogP contribution in [0.25, 0.3) is 0 Å². The van der Waals surface area contributed by atoms with Crippen molar-refractivity contribution >= 4 is 23.3 Å². The van der Waals surface area contributed by atoms with Gasteiger partial charge in [0.05, 0.1) is 4.92 Å². The summed E-state index contributed by atoms with van der Waals surface area (Å²) >= 11 is 0. The number of carbonyl (C=O) groups is 1. The van der Waals surface area contributed by atoms with Crippen molar-refractivity contribution in [3.05, 3.63) is 39.8 Å². The van der Waals surface area contributed by atoms with Crippen LogP contribution in [0.2, 0.25) is 0 Å². The molecule has 0 fully saturated rings. The summed E-state index contributed by atoms with van der Waals surface area (Å²) in [6.45, 7) is 3.94. The van der Waals surface area contributed by atoms with Crippen LogP contribution in [0.4, 0.5) is 17.4 Å². The predicted octanol–water partition coefficient (Wildman–Crippen LogP) is 1.97. The van der Waals surface area contributed by atoms with Gasteiger partial charge in [0.25, 0.3) is 11.6 Å². The van der Waals surface area contributed by atoms with Gasteiger partial charge in [-0.05, 0) is 19.1 Å². The monoisotopic (exact) mass is 291 g/mol. The van der Waals surface area contributed by atoms with E-state index in [0.29, 0.717) is 18.1 Å². The Morgan fingerprint density at radius 1 is 1.43 bits per heavy atom. The Kier molecular flexibility index (Phi) is 4.12. The lowest BCUT2D eigenvalue weighted by Gasteiger charge is -2.06. The van der Waals surface area contributed by atoms with Gasteiger partial charge in [-0.1, -0.05) is 5.10 Å². The minimum Gasteiger partial charge on any atom is -0.408 e. The van der Waals surface area contributed by atoms with E-state index in [2.05, 4.69) is 20.8 Å². The van der Waals surface area contributed by atoms with Crippen molar-refractivity contribution in [1.82, 2.24) is 10.2 Å². The summed E-state index contributed by atoms with van der Waals surface area (Å²) in [5.74, 6) is -0.261. The van der Waals surface area contributed by atoms with E-state index in [1.54, 1.807) is 6.92 Å². The summed E-state index contributed by atoms with van der Waals surface area (Å²) < 4.78 is 5.02. The third-order valence-electron chi connectivity index (χ3n) is 2.57. The number of nitro groups is 1. The van der Waals surface area contributed by atoms with Gasteiger partial charge in [-0.2, -0.15) is 0 Å². The predicted molar refractivity (Wildman–Crippen MR) is 74.2 cm³/mol. The van der Waals surface area contributed by atoms with E-state index in [4.69, 9.17) is 4.42 Å². The SMILES string of the molecule is CCNc1ccc(C(=O)Nc2nnc(C)o2)cc1[N+](=O)[O-]. The maximum absolute atomic E-state index is 12.0. The molecule has 21 heavy (non-hydrogen) atoms. The van der Waals surface area contributed by atoms with E-state index in [9.17, 15) is 14.9 Å². The molecule has 2 N–H and O–H groups in total. The normalized spacial score (nSPS) is 10.2. The van der Waals surface area contributed by atoms with Crippen LogP contribution < -0.4 is 10.6 Å². The number of carbonyl (C=O) groups excluding carboxylic acids is 1. The Balaban J connectivity index is 2.25. The maximum Gasteiger partial charge on any atom is 0.322 e. The molecule has 9 nitrogen and oxygen atoms in total. The van der Waals surface area contributed by atoms with Crippen molar-refractivity contribution in [2.24, 2.45) is 0 Å². The molecule has 0 saturated carbocycles. The number of benzene rings is 1. The van der Waals surface area contributed by atoms with Crippen molar-refractivity contribution in [2.75, 3.05) is 17.2 Å². The van der Waals surface area contributed by atoms with Gasteiger partial charge < -0.3 is 9.73 Å². The van der Waals surface area contributed by atoms with E-state index >= 15 is 0 Å². The van der Waals surface area contributed by atoms with Gasteiger partial charge in [-0.15, -0.1) is 5.10 Å². The standard InChI is InChI=1S/C12H13N5O4/c1-3-13-9-5-4-8(6-10(9)17(19)20)11(18)14-12-16-15-7(2)21-12/h4-6,13H,3H2,1-2H3,(H,14,16,18). The van der Waals surface area contributed by atoms with Crippen LogP contribution in [0.1, 0.15) is 23.2 Å². The van der Waals surface area contributed by atoms with E-state index in [1.165, 1.54) is 18.2 Å². The number of aromatic nitrogens is 2. The zero-order valence-corrected chi connectivity index (χ0v) is 11.4. The summed E-state index contributed by atoms with van der Waals surface area (Å²) in [4.78, 5) is 22.5. The highest BCUT2D eigenvalue weighted by Gasteiger charge is 2.18. The smallest absolute Gasteiger partial charge is 0.322 e. The first-order chi connectivity index (χ1) is 10.0. The van der Waals surface area contributed by atoms with Crippen LogP contribution in [0.15, 0.2) is 22.6 Å². The van der Waals surface area contributed by atoms with E-state index in [0.717, 1.165) is 0 Å². The molecule has 0 aliphatic heterocycles. The van der Waals surface area contributed by atoms with Gasteiger partial charge in [0.1, 0.15) is 5.69 Å². The summed E-state index contributed by atoms with van der Waals surface area (Å²) in [5, 5.41) is 23.5. The number of aryl methyl sites for hydroxylation is 1. The fraction of sp³-hybridized carbons (Fsp3) is 0.250. The van der Waals surface area contributed by atoms with Crippen molar-refractivity contribution < 1.29 is 14.1 Å². The number of nitrogens with one attached hydrogen (secondary N) is 2. The number of rotatable bonds is 5. The molecule has 2 aromatic rings. The van der Waals surface area contributed by atoms with Gasteiger partial charge in [0.15, 0.2) is 0 Å². The molecular formula is C12H13N5O4. The maximum atomic E-state index is 12.0. The molecule has 1 amide bonds. The molecule has 0 unspecified atom stereocenters. The van der Waals surface area contributed by atoms with E-state index < -0.39 is 10.8 Å². The van der Waals surface area contributed by atoms with Crippen molar-refractivity contribution in [1.29, 1.82) is 0 Å². The van der Waals surface area contributed by atoms with Crippen LogP contribution in [-0.2, 0) is 0 Å². The van der Waals surface area contributed by atoms with Crippen LogP contribution >= 0.6 is 0 Å². The Bertz CT molecular complexity index is 682. The highest BCUT2D eigenvalue weighted by Crippen LogP contribution is 2.25. The molecule has 0 atom stereocenters. The molecule has 0 bridgehead atoms. The van der Waals surface area contributed by atoms with Crippen LogP contribution in [0, 0.1) is 17.0 Å². The largest absolute Gasteiger partial charge is 0.408 e. The fourth-order valence-corrected chi connectivity index (χ4v) is 1.68. The molecule has 0 aliphatic rings. The lowest BCUT2D eigenvalue weighted by atomic mass is 10.1. The molecule has 9 heteroatoms. The second kappa shape index (κ2) is 5.99. The summed E-state index contributed by atoms with van der Waals surface area (Å²) in [6, 6.07) is 4.09. The van der Waals surface area contributed by atoms with Crippen molar-refractivity contribution in [3.8, 4) is 0 Å². The molecule has 1 aromatic heterocycles. The quantitative estimate of drug-likeness (QED) is 0.637. The molecule has 0 aliphatic carbocycles. The van der Waals surface area contributed by atoms with Gasteiger partial charge in [-0.25, -0.2) is 0 Å². The molecule has 0 spiro atoms. The lowest BCUT2D eigenvalue weighted by molar-refractivity contribution is -0.384. The summed E-state index contributed by atoms with van der Waals surface area (Å²) in [6.07, 6.45) is 0. The number of nitrogens with zero attached hydrogens (tertiary/aromatic N) is 3. The van der Waals surface area contributed by atoms with Crippen LogP contribution in [0.5, 0.6) is 0 Å². The van der Waals surface area contributed by atoms with E-state index in [-0.39, 0.29) is 17.3 Å². The molecule has 0 saturated heterocycles. The van der Waals surface area contributed by atoms with Crippen molar-refractivity contribution in [2.45, 2.75) is 13.8 Å². The first-order valence-corrected chi connectivity index (χ1v) is 6.15. The van der Waals surface area contributed by atoms with E-state index in [1.807, 2.05) is 6.92 Å². The number of amides is 1. The minimum atomic E-state index is -0.565. The summed E-state index contributed by atoms with van der Waals surface area (Å²) in [5.41, 5.74) is 0.304. The average molecular weight is 291 g/mol. The second-order valence-corrected chi connectivity index (χ2v) is 4.10. The summed E-state index contributed by atoms with van der Waals surface area (Å²) in [7, 11) is 0. The Labute approximate surface area is 119 Å². The topological polar surface area (TPSA) is 123 Å². The number of hydrogen-bond acceptors (Lipinski definition) is 7. The molecule has 110 valence electrons. The van der Waals surface area contributed by atoms with Crippen molar-refractivity contribution in [3.63, 3.8) is 0 Å². The average Bonchev–Trinajstić information content (AvgIpc) is 2.84. The highest BCUT2D eigenvalue weighted by atomic mass is 16.6. The molecule has 2 rings (SSSR count). The van der Waals surface area contributed by atoms with Gasteiger partial charge >= 0.3 is 6.01 Å². The fourth-order valence-electron chi connectivity index (χ4n) is 1.68. The Morgan fingerprint density at radius 2 is 2.19 bits per heavy atom. The Hall–Kier alpha value is -2.97. The molecular weight excluding hydrogens is 278 g/mol. The molecule has 1 aromatic carbocycles. The van der Waals surface area contributed by atoms with Gasteiger partial charge in [0, 0.05) is 25.1 Å². The van der Waals surface area contributed by atoms with Gasteiger partial charge in [-0.3, -0.25) is 20.2 Å². The minimum absolute atomic E-state index is 0.0593. The number of anilines is 2. The molecule has 0 radical (unpaired) electrons. The third-order valence-corrected chi connectivity index (χ3v) is 2.57. The van der Waals surface area contributed by atoms with Crippen LogP contribution in [-0.4, -0.2) is 27.6 Å². The van der Waals surface area contributed by atoms with Gasteiger partial charge in [0.2, 0.25) is 5.89 Å². The first-order valence-electron chi connectivity index (χ1n) is 6.15. The highest BCUT2D eigenvalue weighted by molar-refractivity contribution is 6.04. The zero-order valence-electron chi connectivity index (χ0n) is 11.4. The third kappa shape index (κ3) is 3.32. The number of nitro benzene ring substituents is 1. The first kappa shape index (κ1) is 14.4. The second-order valence-electron chi connectivity index (χ2n) is 4.10. The molecule has 1 heterocycles. The number of hydrogen-bond donors (Lipinski definition) is 2. The zero-order chi connectivity index (χ0) is 15.4. The van der Waals surface area contributed by atoms with Crippen LogP contribution in [0.3, 0.4) is 0 Å².